The van der Waals surface area contributed by atoms with Crippen LogP contribution in [0.15, 0.2) is 76.2 Å². The van der Waals surface area contributed by atoms with Crippen molar-refractivity contribution in [3.05, 3.63) is 83.8 Å². The largest absolute Gasteiger partial charge is 0.459 e. The van der Waals surface area contributed by atoms with E-state index in [4.69, 9.17) is 4.42 Å². The van der Waals surface area contributed by atoms with E-state index in [0.29, 0.717) is 25.2 Å². The summed E-state index contributed by atoms with van der Waals surface area (Å²) < 4.78 is 32.4. The van der Waals surface area contributed by atoms with E-state index in [1.165, 1.54) is 27.6 Å². The molecule has 1 N–H and O–H groups in total. The molecule has 0 bridgehead atoms. The predicted octanol–water partition coefficient (Wildman–Crippen LogP) is 3.52. The Balaban J connectivity index is 1.61. The third-order valence-electron chi connectivity index (χ3n) is 5.99. The molecule has 1 unspecified atom stereocenters. The van der Waals surface area contributed by atoms with Crippen molar-refractivity contribution < 1.29 is 22.4 Å². The minimum absolute atomic E-state index is 0.103. The van der Waals surface area contributed by atoms with Crippen LogP contribution in [-0.4, -0.2) is 48.6 Å². The first kappa shape index (κ1) is 23.7. The molecule has 0 aliphatic carbocycles. The summed E-state index contributed by atoms with van der Waals surface area (Å²) in [7, 11) is -3.67. The van der Waals surface area contributed by atoms with Crippen LogP contribution < -0.4 is 5.32 Å². The predicted molar refractivity (Wildman–Crippen MR) is 128 cm³/mol. The van der Waals surface area contributed by atoms with Crippen LogP contribution >= 0.6 is 0 Å². The van der Waals surface area contributed by atoms with Crippen LogP contribution in [0.1, 0.15) is 35.5 Å². The van der Waals surface area contributed by atoms with Crippen LogP contribution in [0.5, 0.6) is 0 Å². The maximum Gasteiger partial charge on any atom is 0.290 e. The Bertz CT molecular complexity index is 1280. The second-order valence-corrected chi connectivity index (χ2v) is 9.94. The van der Waals surface area contributed by atoms with E-state index in [9.17, 15) is 18.0 Å². The molecule has 0 radical (unpaired) electrons. The lowest BCUT2D eigenvalue weighted by molar-refractivity contribution is -0.121. The number of nitrogens with zero attached hydrogens (tertiary/aromatic N) is 2. The van der Waals surface area contributed by atoms with Gasteiger partial charge in [0.15, 0.2) is 5.76 Å². The summed E-state index contributed by atoms with van der Waals surface area (Å²) in [5, 5.41) is 2.81. The van der Waals surface area contributed by atoms with E-state index < -0.39 is 22.0 Å². The molecule has 0 saturated carbocycles. The smallest absolute Gasteiger partial charge is 0.290 e. The molecular weight excluding hydrogens is 454 g/mol. The second-order valence-electron chi connectivity index (χ2n) is 8.01. The summed E-state index contributed by atoms with van der Waals surface area (Å²) >= 11 is 0. The summed E-state index contributed by atoms with van der Waals surface area (Å²) in [5.74, 6) is -0.617. The summed E-state index contributed by atoms with van der Waals surface area (Å²) in [6, 6.07) is 16.3. The van der Waals surface area contributed by atoms with Gasteiger partial charge in [-0.05, 0) is 41.5 Å². The molecule has 178 valence electrons. The molecule has 1 atom stereocenters. The number of rotatable bonds is 7. The molecule has 2 amide bonds. The second kappa shape index (κ2) is 9.82. The molecule has 34 heavy (non-hydrogen) atoms. The summed E-state index contributed by atoms with van der Waals surface area (Å²) in [6.45, 7) is 4.52. The van der Waals surface area contributed by atoms with Crippen molar-refractivity contribution in [2.45, 2.75) is 37.8 Å². The summed E-state index contributed by atoms with van der Waals surface area (Å²) in [4.78, 5) is 28.1. The van der Waals surface area contributed by atoms with Crippen LogP contribution in [0.2, 0.25) is 0 Å². The van der Waals surface area contributed by atoms with Crippen molar-refractivity contribution in [3.63, 3.8) is 0 Å². The monoisotopic (exact) mass is 481 g/mol. The third-order valence-corrected chi connectivity index (χ3v) is 8.03. The van der Waals surface area contributed by atoms with Gasteiger partial charge in [-0.1, -0.05) is 44.2 Å². The third kappa shape index (κ3) is 4.62. The van der Waals surface area contributed by atoms with Gasteiger partial charge >= 0.3 is 0 Å². The molecule has 4 rings (SSSR count). The van der Waals surface area contributed by atoms with Gasteiger partial charge in [0.2, 0.25) is 15.9 Å². The number of carbonyl (C=O) groups excluding carboxylic acids is 2. The van der Waals surface area contributed by atoms with Crippen molar-refractivity contribution in [2.75, 3.05) is 18.4 Å². The van der Waals surface area contributed by atoms with Crippen molar-refractivity contribution in [2.24, 2.45) is 0 Å². The number of carbonyl (C=O) groups is 2. The molecule has 0 fully saturated rings. The lowest BCUT2D eigenvalue weighted by Crippen LogP contribution is -2.50. The number of hydrogen-bond acceptors (Lipinski definition) is 5. The fraction of sp³-hybridized carbons (Fsp3) is 0.280. The zero-order valence-electron chi connectivity index (χ0n) is 19.1. The molecular formula is C25H27N3O5S. The average Bonchev–Trinajstić information content (AvgIpc) is 3.38. The highest BCUT2D eigenvalue weighted by atomic mass is 32.2. The summed E-state index contributed by atoms with van der Waals surface area (Å²) in [6.07, 6.45) is 1.76. The van der Waals surface area contributed by atoms with E-state index in [1.54, 1.807) is 38.1 Å². The first-order chi connectivity index (χ1) is 16.3. The fourth-order valence-corrected chi connectivity index (χ4v) is 5.69. The van der Waals surface area contributed by atoms with E-state index in [2.05, 4.69) is 5.32 Å². The number of anilines is 1. The molecule has 1 aliphatic rings. The van der Waals surface area contributed by atoms with Gasteiger partial charge in [-0.15, -0.1) is 0 Å². The van der Waals surface area contributed by atoms with Gasteiger partial charge in [-0.3, -0.25) is 9.59 Å². The topological polar surface area (TPSA) is 99.9 Å². The molecule has 0 spiro atoms. The van der Waals surface area contributed by atoms with Crippen LogP contribution in [0.4, 0.5) is 5.69 Å². The maximum absolute atomic E-state index is 13.4. The van der Waals surface area contributed by atoms with Crippen molar-refractivity contribution >= 4 is 27.5 Å². The normalized spacial score (nSPS) is 15.7. The van der Waals surface area contributed by atoms with Crippen LogP contribution in [0, 0.1) is 0 Å². The standard InChI is InChI=1S/C25H27N3O5S/c1-3-27(4-2)34(31,32)21-12-7-11-20(16-21)26-24(29)22-15-18-9-5-6-10-19(18)17-28(22)25(30)23-13-8-14-33-23/h5-14,16,22H,3-4,15,17H2,1-2H3,(H,26,29). The molecule has 1 aliphatic heterocycles. The van der Waals surface area contributed by atoms with Crippen molar-refractivity contribution in [1.82, 2.24) is 9.21 Å². The Morgan fingerprint density at radius 1 is 1.03 bits per heavy atom. The van der Waals surface area contributed by atoms with Crippen molar-refractivity contribution in [1.29, 1.82) is 0 Å². The van der Waals surface area contributed by atoms with E-state index >= 15 is 0 Å². The fourth-order valence-electron chi connectivity index (χ4n) is 4.18. The minimum atomic E-state index is -3.67. The number of nitrogens with one attached hydrogen (secondary N) is 1. The highest BCUT2D eigenvalue weighted by Gasteiger charge is 2.36. The average molecular weight is 482 g/mol. The zero-order chi connectivity index (χ0) is 24.3. The highest BCUT2D eigenvalue weighted by Crippen LogP contribution is 2.27. The molecule has 8 nitrogen and oxygen atoms in total. The molecule has 2 heterocycles. The Morgan fingerprint density at radius 3 is 2.44 bits per heavy atom. The lowest BCUT2D eigenvalue weighted by atomic mass is 9.93. The Morgan fingerprint density at radius 2 is 1.76 bits per heavy atom. The Hall–Kier alpha value is -3.43. The van der Waals surface area contributed by atoms with Crippen molar-refractivity contribution in [3.8, 4) is 0 Å². The number of benzene rings is 2. The molecule has 1 aromatic heterocycles. The first-order valence-corrected chi connectivity index (χ1v) is 12.6. The summed E-state index contributed by atoms with van der Waals surface area (Å²) in [5.41, 5.74) is 2.31. The molecule has 9 heteroatoms. The number of amides is 2. The van der Waals surface area contributed by atoms with Gasteiger partial charge in [0.05, 0.1) is 11.2 Å². The van der Waals surface area contributed by atoms with Gasteiger partial charge in [0, 0.05) is 31.7 Å². The van der Waals surface area contributed by atoms with Crippen LogP contribution in [-0.2, 0) is 27.8 Å². The number of fused-ring (bicyclic) bond motifs is 1. The van der Waals surface area contributed by atoms with Gasteiger partial charge in [0.25, 0.3) is 5.91 Å². The SMILES string of the molecule is CCN(CC)S(=O)(=O)c1cccc(NC(=O)C2Cc3ccccc3CN2C(=O)c2ccco2)c1. The Labute approximate surface area is 199 Å². The van der Waals surface area contributed by atoms with Crippen LogP contribution in [0.25, 0.3) is 0 Å². The van der Waals surface area contributed by atoms with Gasteiger partial charge < -0.3 is 14.6 Å². The quantitative estimate of drug-likeness (QED) is 0.557. The van der Waals surface area contributed by atoms with Crippen LogP contribution in [0.3, 0.4) is 0 Å². The highest BCUT2D eigenvalue weighted by molar-refractivity contribution is 7.89. The maximum atomic E-state index is 13.4. The zero-order valence-corrected chi connectivity index (χ0v) is 19.9. The Kier molecular flexibility index (Phi) is 6.85. The number of furan rings is 1. The van der Waals surface area contributed by atoms with E-state index in [1.807, 2.05) is 24.3 Å². The van der Waals surface area contributed by atoms with Gasteiger partial charge in [0.1, 0.15) is 6.04 Å². The molecule has 0 saturated heterocycles. The number of sulfonamides is 1. The van der Waals surface area contributed by atoms with E-state index in [0.717, 1.165) is 11.1 Å². The number of hydrogen-bond donors (Lipinski definition) is 1. The minimum Gasteiger partial charge on any atom is -0.459 e. The van der Waals surface area contributed by atoms with E-state index in [-0.39, 0.29) is 23.1 Å². The first-order valence-electron chi connectivity index (χ1n) is 11.2. The lowest BCUT2D eigenvalue weighted by Gasteiger charge is -2.35. The van der Waals surface area contributed by atoms with Gasteiger partial charge in [-0.2, -0.15) is 4.31 Å². The molecule has 3 aromatic rings. The van der Waals surface area contributed by atoms with Gasteiger partial charge in [-0.25, -0.2) is 8.42 Å². The molecule has 2 aromatic carbocycles.